The molecule has 0 spiro atoms. The van der Waals surface area contributed by atoms with Gasteiger partial charge in [0.2, 0.25) is 0 Å². The highest BCUT2D eigenvalue weighted by atomic mass is 16.3. The van der Waals surface area contributed by atoms with Gasteiger partial charge in [-0.15, -0.1) is 0 Å². The second-order valence-corrected chi connectivity index (χ2v) is 27.3. The molecule has 0 amide bonds. The molecule has 0 saturated heterocycles. The van der Waals surface area contributed by atoms with Crippen molar-refractivity contribution in [3.05, 3.63) is 148 Å². The summed E-state index contributed by atoms with van der Waals surface area (Å²) < 4.78 is 7.83. The van der Waals surface area contributed by atoms with Crippen molar-refractivity contribution in [1.82, 2.24) is 0 Å². The van der Waals surface area contributed by atoms with Crippen LogP contribution in [0.2, 0.25) is 0 Å². The summed E-state index contributed by atoms with van der Waals surface area (Å²) >= 11 is 0. The average molecular weight is 909 g/mol. The van der Waals surface area contributed by atoms with Crippen LogP contribution < -0.4 is 26.4 Å². The first-order valence-electron chi connectivity index (χ1n) is 26.1. The number of rotatable bonds is 1. The van der Waals surface area contributed by atoms with E-state index in [9.17, 15) is 0 Å². The summed E-state index contributed by atoms with van der Waals surface area (Å²) in [4.78, 5) is 5.37. The quantitative estimate of drug-likeness (QED) is 0.153. The number of anilines is 6. The molecule has 69 heavy (non-hydrogen) atoms. The molecule has 1 atom stereocenters. The lowest BCUT2D eigenvalue weighted by atomic mass is 9.34. The molecule has 0 fully saturated rings. The second-order valence-electron chi connectivity index (χ2n) is 27.3. The molecule has 6 bridgehead atoms. The minimum Gasteiger partial charge on any atom is -0.472 e. The van der Waals surface area contributed by atoms with Crippen molar-refractivity contribution in [2.75, 3.05) is 9.80 Å². The summed E-state index contributed by atoms with van der Waals surface area (Å²) in [5.74, 6) is 1.17. The van der Waals surface area contributed by atoms with Gasteiger partial charge in [-0.3, -0.25) is 0 Å². The van der Waals surface area contributed by atoms with Crippen LogP contribution in [0.5, 0.6) is 0 Å². The number of hydrogen-bond acceptors (Lipinski definition) is 3. The van der Waals surface area contributed by atoms with E-state index in [4.69, 9.17) is 4.42 Å². The van der Waals surface area contributed by atoms with Crippen LogP contribution >= 0.6 is 0 Å². The second kappa shape index (κ2) is 13.9. The first kappa shape index (κ1) is 44.7. The van der Waals surface area contributed by atoms with E-state index in [1.54, 1.807) is 0 Å². The van der Waals surface area contributed by atoms with Crippen LogP contribution in [0.1, 0.15) is 181 Å². The van der Waals surface area contributed by atoms with Gasteiger partial charge in [-0.2, -0.15) is 0 Å². The maximum atomic E-state index is 7.83. The lowest BCUT2D eigenvalue weighted by Crippen LogP contribution is -2.61. The summed E-state index contributed by atoms with van der Waals surface area (Å²) in [5, 5.41) is 2.67. The van der Waals surface area contributed by atoms with Gasteiger partial charge in [0.25, 0.3) is 6.71 Å². The zero-order valence-electron chi connectivity index (χ0n) is 44.5. The lowest BCUT2D eigenvalue weighted by molar-refractivity contribution is 0.282. The maximum Gasteiger partial charge on any atom is 0.297 e. The van der Waals surface area contributed by atoms with Crippen molar-refractivity contribution in [2.24, 2.45) is 0 Å². The van der Waals surface area contributed by atoms with E-state index in [-0.39, 0.29) is 44.6 Å². The van der Waals surface area contributed by atoms with E-state index in [0.717, 1.165) is 31.3 Å². The Kier molecular flexibility index (Phi) is 9.00. The maximum absolute atomic E-state index is 7.83. The number of furan rings is 1. The van der Waals surface area contributed by atoms with Gasteiger partial charge in [-0.1, -0.05) is 165 Å². The predicted octanol–water partition coefficient (Wildman–Crippen LogP) is 16.1. The van der Waals surface area contributed by atoms with E-state index in [0.29, 0.717) is 0 Å². The van der Waals surface area contributed by atoms with E-state index in [1.165, 1.54) is 112 Å². The van der Waals surface area contributed by atoms with Crippen LogP contribution in [0.15, 0.2) is 108 Å². The monoisotopic (exact) mass is 909 g/mol. The molecule has 2 aliphatic carbocycles. The first-order chi connectivity index (χ1) is 32.2. The molecule has 4 heteroatoms. The fraction of sp³-hybridized carbons (Fsp3) is 0.415. The van der Waals surface area contributed by atoms with Gasteiger partial charge in [-0.05, 0) is 162 Å². The molecule has 13 rings (SSSR count). The Balaban J connectivity index is 1.29. The summed E-state index contributed by atoms with van der Waals surface area (Å²) in [5.41, 5.74) is 22.9. The highest BCUT2D eigenvalue weighted by molar-refractivity contribution is 6.99. The summed E-state index contributed by atoms with van der Waals surface area (Å²) in [6.07, 6.45) is 4.38. The van der Waals surface area contributed by atoms with Gasteiger partial charge in [0.15, 0.2) is 0 Å². The van der Waals surface area contributed by atoms with E-state index >= 15 is 0 Å². The molecular weight excluding hydrogens is 836 g/mol. The Morgan fingerprint density at radius 1 is 0.507 bits per heavy atom. The first-order valence-corrected chi connectivity index (χ1v) is 26.1. The zero-order valence-corrected chi connectivity index (χ0v) is 44.5. The van der Waals surface area contributed by atoms with Crippen molar-refractivity contribution >= 4 is 68.2 Å². The van der Waals surface area contributed by atoms with Crippen LogP contribution in [0, 0.1) is 0 Å². The number of benzene rings is 6. The summed E-state index contributed by atoms with van der Waals surface area (Å²) in [7, 11) is 0. The number of hydrogen-bond donors (Lipinski definition) is 0. The number of nitrogens with zero attached hydrogens (tertiary/aromatic N) is 2. The van der Waals surface area contributed by atoms with Crippen molar-refractivity contribution in [1.29, 1.82) is 0 Å². The SMILES string of the molecule is CC(C)(C)c1ccc(N2c3cc(C(C)(C)C)cc4c3B(c3cc5c6cc3N4c3ccc(C(C)(C)C)cc3-c3ccc4c(cccc4c3)C6(C)CCC5(C)C)c3oc4c(c32)C(C)(C)CCC4(C)C)cc1. The van der Waals surface area contributed by atoms with Gasteiger partial charge in [0, 0.05) is 44.7 Å². The average Bonchev–Trinajstić information content (AvgIpc) is 3.70. The molecule has 0 saturated carbocycles. The smallest absolute Gasteiger partial charge is 0.297 e. The van der Waals surface area contributed by atoms with Gasteiger partial charge >= 0.3 is 0 Å². The highest BCUT2D eigenvalue weighted by Gasteiger charge is 2.54. The highest BCUT2D eigenvalue weighted by Crippen LogP contribution is 2.58. The zero-order chi connectivity index (χ0) is 48.9. The Labute approximate surface area is 413 Å². The minimum atomic E-state index is -0.199. The molecule has 352 valence electrons. The standard InChI is InChI=1S/C65H73BN2O/c1-59(2,3)40-21-24-43(25-22-40)67-52-34-42(61(7,8)9)35-53-55(52)66(58-56(67)54-57(69-58)64(14,15)29-28-63(54,12)13)49-36-47-48-37-51(49)68(53)50-27-23-41(60(4,5)6)33-45(50)39-20-26-44-38(32-39)18-17-19-46(44)65(48,16)31-30-62(47,10)11/h17-27,32-37H,28-31H2,1-16H3. The van der Waals surface area contributed by atoms with Crippen molar-refractivity contribution in [3.8, 4) is 11.1 Å². The molecule has 6 aliphatic rings. The molecular formula is C65H73BN2O. The topological polar surface area (TPSA) is 19.6 Å². The van der Waals surface area contributed by atoms with Gasteiger partial charge in [-0.25, -0.2) is 0 Å². The van der Waals surface area contributed by atoms with Gasteiger partial charge in [0.05, 0.1) is 17.0 Å². The van der Waals surface area contributed by atoms with Crippen LogP contribution in [0.25, 0.3) is 21.9 Å². The third-order valence-electron chi connectivity index (χ3n) is 18.0. The predicted molar refractivity (Wildman–Crippen MR) is 296 cm³/mol. The fourth-order valence-corrected chi connectivity index (χ4v) is 13.4. The molecule has 6 aromatic carbocycles. The lowest BCUT2D eigenvalue weighted by Gasteiger charge is -2.48. The van der Waals surface area contributed by atoms with Gasteiger partial charge < -0.3 is 14.2 Å². The molecule has 7 aromatic rings. The Morgan fingerprint density at radius 2 is 1.14 bits per heavy atom. The van der Waals surface area contributed by atoms with Crippen LogP contribution in [-0.2, 0) is 37.9 Å². The molecule has 3 nitrogen and oxygen atoms in total. The van der Waals surface area contributed by atoms with Crippen LogP contribution in [0.3, 0.4) is 0 Å². The molecule has 0 radical (unpaired) electrons. The molecule has 1 aromatic heterocycles. The largest absolute Gasteiger partial charge is 0.472 e. The van der Waals surface area contributed by atoms with Crippen molar-refractivity contribution in [3.63, 3.8) is 0 Å². The summed E-state index contributed by atoms with van der Waals surface area (Å²) in [6.45, 7) is 38.4. The molecule has 0 N–H and O–H groups in total. The van der Waals surface area contributed by atoms with Crippen molar-refractivity contribution in [2.45, 2.75) is 174 Å². The molecule has 4 aliphatic heterocycles. The Morgan fingerprint density at radius 3 is 1.83 bits per heavy atom. The van der Waals surface area contributed by atoms with Crippen LogP contribution in [0.4, 0.5) is 34.1 Å². The van der Waals surface area contributed by atoms with E-state index in [1.807, 2.05) is 0 Å². The summed E-state index contributed by atoms with van der Waals surface area (Å²) in [6, 6.07) is 41.8. The van der Waals surface area contributed by atoms with E-state index in [2.05, 4.69) is 224 Å². The van der Waals surface area contributed by atoms with Gasteiger partial charge in [0.1, 0.15) is 5.76 Å². The Hall–Kier alpha value is -5.48. The van der Waals surface area contributed by atoms with E-state index < -0.39 is 0 Å². The third-order valence-corrected chi connectivity index (χ3v) is 18.0. The number of fused-ring (bicyclic) bond motifs is 6. The third kappa shape index (κ3) is 6.31. The minimum absolute atomic E-state index is 0.0310. The molecule has 1 unspecified atom stereocenters. The van der Waals surface area contributed by atoms with Crippen molar-refractivity contribution < 1.29 is 4.42 Å². The Bertz CT molecular complexity index is 3340. The molecule has 5 heterocycles. The fourth-order valence-electron chi connectivity index (χ4n) is 13.4. The van der Waals surface area contributed by atoms with Crippen LogP contribution in [-0.4, -0.2) is 6.71 Å². The normalized spacial score (nSPS) is 20.3.